The van der Waals surface area contributed by atoms with Crippen molar-refractivity contribution in [1.29, 1.82) is 0 Å². The van der Waals surface area contributed by atoms with Crippen LogP contribution in [-0.4, -0.2) is 35.6 Å². The number of aromatic amines is 1. The molecule has 142 valence electrons. The van der Waals surface area contributed by atoms with Gasteiger partial charge in [0.15, 0.2) is 0 Å². The van der Waals surface area contributed by atoms with Gasteiger partial charge in [0, 0.05) is 40.6 Å². The number of aromatic nitrogens is 1. The van der Waals surface area contributed by atoms with Crippen LogP contribution in [0.25, 0.3) is 11.6 Å². The zero-order chi connectivity index (χ0) is 19.6. The van der Waals surface area contributed by atoms with Crippen molar-refractivity contribution in [1.82, 2.24) is 10.3 Å². The molecule has 0 saturated carbocycles. The van der Waals surface area contributed by atoms with Crippen LogP contribution in [0.2, 0.25) is 0 Å². The number of carbonyl (C=O) groups is 2. The van der Waals surface area contributed by atoms with E-state index in [0.717, 1.165) is 38.9 Å². The maximum Gasteiger partial charge on any atom is 0.256 e. The molecule has 1 aromatic heterocycles. The van der Waals surface area contributed by atoms with E-state index in [-0.39, 0.29) is 11.8 Å². The summed E-state index contributed by atoms with van der Waals surface area (Å²) in [6, 6.07) is 5.98. The molecule has 7 heteroatoms. The number of aryl methyl sites for hydroxylation is 1. The third-order valence-corrected chi connectivity index (χ3v) is 5.38. The Bertz CT molecular complexity index is 930. The van der Waals surface area contributed by atoms with E-state index >= 15 is 0 Å². The van der Waals surface area contributed by atoms with Crippen LogP contribution in [0.4, 0.5) is 5.69 Å². The molecule has 0 fully saturated rings. The molecule has 3 rings (SSSR count). The highest BCUT2D eigenvalue weighted by Crippen LogP contribution is 2.36. The molecule has 5 N–H and O–H groups in total. The average molecular weight is 385 g/mol. The Kier molecular flexibility index (Phi) is 5.72. The van der Waals surface area contributed by atoms with E-state index in [4.69, 9.17) is 5.73 Å². The van der Waals surface area contributed by atoms with E-state index in [0.29, 0.717) is 24.2 Å². The molecular formula is C20H24N4O2S. The van der Waals surface area contributed by atoms with Crippen molar-refractivity contribution in [2.75, 3.05) is 24.2 Å². The van der Waals surface area contributed by atoms with E-state index < -0.39 is 0 Å². The summed E-state index contributed by atoms with van der Waals surface area (Å²) in [6.45, 7) is 6.64. The Morgan fingerprint density at radius 2 is 2.11 bits per heavy atom. The predicted octanol–water partition coefficient (Wildman–Crippen LogP) is 2.92. The van der Waals surface area contributed by atoms with Crippen molar-refractivity contribution in [2.45, 2.75) is 25.7 Å². The number of nitrogens with one attached hydrogen (secondary N) is 3. The lowest BCUT2D eigenvalue weighted by Gasteiger charge is -2.04. The third-order valence-electron chi connectivity index (χ3n) is 4.51. The number of hydrogen-bond donors (Lipinski definition) is 4. The van der Waals surface area contributed by atoms with E-state index in [1.165, 1.54) is 0 Å². The summed E-state index contributed by atoms with van der Waals surface area (Å²) in [4.78, 5) is 29.2. The highest BCUT2D eigenvalue weighted by Gasteiger charge is 2.26. The van der Waals surface area contributed by atoms with Crippen LogP contribution in [0.3, 0.4) is 0 Å². The summed E-state index contributed by atoms with van der Waals surface area (Å²) in [5, 5.41) is 5.70. The van der Waals surface area contributed by atoms with Crippen LogP contribution in [0.15, 0.2) is 23.1 Å². The van der Waals surface area contributed by atoms with Gasteiger partial charge in [-0.2, -0.15) is 0 Å². The van der Waals surface area contributed by atoms with Crippen LogP contribution in [0.1, 0.15) is 39.8 Å². The smallest absolute Gasteiger partial charge is 0.256 e. The van der Waals surface area contributed by atoms with Crippen LogP contribution in [0.5, 0.6) is 0 Å². The highest BCUT2D eigenvalue weighted by molar-refractivity contribution is 7.99. The van der Waals surface area contributed by atoms with Crippen molar-refractivity contribution >= 4 is 40.9 Å². The fraction of sp³-hybridized carbons (Fsp3) is 0.300. The van der Waals surface area contributed by atoms with Gasteiger partial charge < -0.3 is 21.4 Å². The summed E-state index contributed by atoms with van der Waals surface area (Å²) in [5.41, 5.74) is 10.7. The number of rotatable bonds is 6. The predicted molar refractivity (Wildman–Crippen MR) is 111 cm³/mol. The van der Waals surface area contributed by atoms with Crippen molar-refractivity contribution in [3.63, 3.8) is 0 Å². The second-order valence-corrected chi connectivity index (χ2v) is 7.70. The molecule has 0 radical (unpaired) electrons. The molecule has 1 aliphatic heterocycles. The minimum Gasteiger partial charge on any atom is -0.358 e. The first kappa shape index (κ1) is 19.3. The first-order chi connectivity index (χ1) is 13.0. The standard InChI is InChI=1S/C20H24N4O2S/c1-4-27-13-5-6-16-14(9-13)15(19(25)24-16)10-17-11(2)18(12(3)23-17)20(26)22-8-7-21/h5-6,9-10,23H,4,7-8,21H2,1-3H3,(H,22,26)(H,24,25)/b15-10-. The zero-order valence-corrected chi connectivity index (χ0v) is 16.5. The molecule has 0 spiro atoms. The number of fused-ring (bicyclic) bond motifs is 1. The minimum absolute atomic E-state index is 0.135. The number of carbonyl (C=O) groups excluding carboxylic acids is 2. The second kappa shape index (κ2) is 8.02. The largest absolute Gasteiger partial charge is 0.358 e. The van der Waals surface area contributed by atoms with Gasteiger partial charge in [0.1, 0.15) is 0 Å². The van der Waals surface area contributed by atoms with E-state index in [1.54, 1.807) is 11.8 Å². The fourth-order valence-electron chi connectivity index (χ4n) is 3.24. The number of amides is 2. The molecule has 0 unspecified atom stereocenters. The van der Waals surface area contributed by atoms with E-state index in [1.807, 2.05) is 38.1 Å². The monoisotopic (exact) mass is 384 g/mol. The summed E-state index contributed by atoms with van der Waals surface area (Å²) in [5.74, 6) is 0.675. The lowest BCUT2D eigenvalue weighted by Crippen LogP contribution is -2.29. The van der Waals surface area contributed by atoms with Crippen LogP contribution in [0, 0.1) is 13.8 Å². The molecule has 1 aliphatic rings. The van der Waals surface area contributed by atoms with E-state index in [2.05, 4.69) is 22.5 Å². The molecule has 6 nitrogen and oxygen atoms in total. The van der Waals surface area contributed by atoms with Crippen molar-refractivity contribution in [3.8, 4) is 0 Å². The van der Waals surface area contributed by atoms with Gasteiger partial charge in [-0.05, 0) is 49.4 Å². The summed E-state index contributed by atoms with van der Waals surface area (Å²) in [7, 11) is 0. The number of hydrogen-bond acceptors (Lipinski definition) is 4. The van der Waals surface area contributed by atoms with Gasteiger partial charge in [0.05, 0.1) is 11.1 Å². The highest BCUT2D eigenvalue weighted by atomic mass is 32.2. The van der Waals surface area contributed by atoms with Gasteiger partial charge in [-0.1, -0.05) is 6.92 Å². The quantitative estimate of drug-likeness (QED) is 0.454. The fourth-order valence-corrected chi connectivity index (χ4v) is 3.94. The average Bonchev–Trinajstić information content (AvgIpc) is 3.09. The number of anilines is 1. The SMILES string of the molecule is CCSc1ccc2c(c1)/C(=C/c1[nH]c(C)c(C(=O)NCCN)c1C)C(=O)N2. The van der Waals surface area contributed by atoms with Crippen LogP contribution >= 0.6 is 11.8 Å². The Morgan fingerprint density at radius 1 is 1.33 bits per heavy atom. The van der Waals surface area contributed by atoms with Gasteiger partial charge >= 0.3 is 0 Å². The summed E-state index contributed by atoms with van der Waals surface area (Å²) in [6.07, 6.45) is 1.82. The Morgan fingerprint density at radius 3 is 2.81 bits per heavy atom. The van der Waals surface area contributed by atoms with Gasteiger partial charge in [0.25, 0.3) is 11.8 Å². The third kappa shape index (κ3) is 3.79. The van der Waals surface area contributed by atoms with Crippen LogP contribution < -0.4 is 16.4 Å². The maximum atomic E-state index is 12.5. The Hall–Kier alpha value is -2.51. The van der Waals surface area contributed by atoms with E-state index in [9.17, 15) is 9.59 Å². The normalized spacial score (nSPS) is 14.4. The van der Waals surface area contributed by atoms with Crippen molar-refractivity contribution in [3.05, 3.63) is 46.3 Å². The molecule has 2 amide bonds. The number of nitrogens with two attached hydrogens (primary N) is 1. The first-order valence-corrected chi connectivity index (χ1v) is 9.92. The zero-order valence-electron chi connectivity index (χ0n) is 15.7. The Labute approximate surface area is 163 Å². The molecule has 27 heavy (non-hydrogen) atoms. The molecule has 2 heterocycles. The number of H-pyrrole nitrogens is 1. The second-order valence-electron chi connectivity index (χ2n) is 6.36. The Balaban J connectivity index is 2.00. The van der Waals surface area contributed by atoms with Crippen LogP contribution in [-0.2, 0) is 4.79 Å². The number of benzene rings is 1. The molecule has 0 atom stereocenters. The first-order valence-electron chi connectivity index (χ1n) is 8.94. The molecule has 0 aliphatic carbocycles. The topological polar surface area (TPSA) is 100 Å². The van der Waals surface area contributed by atoms with Crippen molar-refractivity contribution in [2.24, 2.45) is 5.73 Å². The lowest BCUT2D eigenvalue weighted by atomic mass is 10.0. The minimum atomic E-state index is -0.158. The molecular weight excluding hydrogens is 360 g/mol. The molecule has 0 bridgehead atoms. The lowest BCUT2D eigenvalue weighted by molar-refractivity contribution is -0.110. The van der Waals surface area contributed by atoms with Gasteiger partial charge in [-0.25, -0.2) is 0 Å². The summed E-state index contributed by atoms with van der Waals surface area (Å²) >= 11 is 1.73. The molecule has 1 aromatic carbocycles. The van der Waals surface area contributed by atoms with Crippen molar-refractivity contribution < 1.29 is 9.59 Å². The van der Waals surface area contributed by atoms with Gasteiger partial charge in [-0.15, -0.1) is 11.8 Å². The molecule has 0 saturated heterocycles. The van der Waals surface area contributed by atoms with Gasteiger partial charge in [-0.3, -0.25) is 9.59 Å². The summed E-state index contributed by atoms with van der Waals surface area (Å²) < 4.78 is 0. The van der Waals surface area contributed by atoms with Gasteiger partial charge in [0.2, 0.25) is 0 Å². The maximum absolute atomic E-state index is 12.5. The number of thioether (sulfide) groups is 1. The molecule has 2 aromatic rings.